The van der Waals surface area contributed by atoms with E-state index in [1.807, 2.05) is 26.0 Å². The number of rotatable bonds is 2. The molecule has 1 heterocycles. The summed E-state index contributed by atoms with van der Waals surface area (Å²) in [4.78, 5) is 0. The van der Waals surface area contributed by atoms with Crippen LogP contribution in [-0.4, -0.2) is 10.2 Å². The van der Waals surface area contributed by atoms with Crippen molar-refractivity contribution >= 4 is 5.69 Å². The van der Waals surface area contributed by atoms with Gasteiger partial charge in [-0.3, -0.25) is 0 Å². The average molecular weight is 254 g/mol. The van der Waals surface area contributed by atoms with Crippen molar-refractivity contribution in [2.24, 2.45) is 0 Å². The molecule has 1 aromatic heterocycles. The highest BCUT2D eigenvalue weighted by Gasteiger charge is 2.14. The lowest BCUT2D eigenvalue weighted by Crippen LogP contribution is -2.02. The molecule has 0 radical (unpaired) electrons. The van der Waals surface area contributed by atoms with E-state index in [-0.39, 0.29) is 5.88 Å². The summed E-state index contributed by atoms with van der Waals surface area (Å²) >= 11 is 0. The molecule has 2 rings (SSSR count). The zero-order valence-electron chi connectivity index (χ0n) is 11.1. The Labute approximate surface area is 111 Å². The number of nitrogens with zero attached hydrogens (tertiary/aromatic N) is 3. The zero-order valence-corrected chi connectivity index (χ0v) is 11.1. The number of aryl methyl sites for hydroxylation is 2. The summed E-state index contributed by atoms with van der Waals surface area (Å²) < 4.78 is 5.63. The van der Waals surface area contributed by atoms with Gasteiger partial charge in [-0.25, -0.2) is 0 Å². The molecular formula is C14H14N4O. The minimum absolute atomic E-state index is 0.183. The quantitative estimate of drug-likeness (QED) is 0.833. The number of hydrogen-bond acceptors (Lipinski definition) is 5. The van der Waals surface area contributed by atoms with Crippen LogP contribution in [0.2, 0.25) is 0 Å². The molecule has 2 N–H and O–H groups in total. The third-order valence-corrected chi connectivity index (χ3v) is 3.02. The first-order valence-corrected chi connectivity index (χ1v) is 5.81. The fraction of sp³-hybridized carbons (Fsp3) is 0.214. The molecule has 0 bridgehead atoms. The van der Waals surface area contributed by atoms with Gasteiger partial charge in [0.05, 0.1) is 11.4 Å². The van der Waals surface area contributed by atoms with Gasteiger partial charge in [0.2, 0.25) is 0 Å². The Morgan fingerprint density at radius 2 is 1.95 bits per heavy atom. The third-order valence-electron chi connectivity index (χ3n) is 3.02. The Kier molecular flexibility index (Phi) is 3.34. The van der Waals surface area contributed by atoms with Crippen LogP contribution in [0.5, 0.6) is 11.6 Å². The van der Waals surface area contributed by atoms with E-state index in [1.165, 1.54) is 0 Å². The second-order valence-corrected chi connectivity index (χ2v) is 4.29. The summed E-state index contributed by atoms with van der Waals surface area (Å²) in [5.41, 5.74) is 9.23. The van der Waals surface area contributed by atoms with Gasteiger partial charge in [0, 0.05) is 0 Å². The van der Waals surface area contributed by atoms with Gasteiger partial charge in [0.1, 0.15) is 11.6 Å². The van der Waals surface area contributed by atoms with E-state index in [9.17, 15) is 5.26 Å². The van der Waals surface area contributed by atoms with Crippen molar-refractivity contribution in [1.82, 2.24) is 10.2 Å². The normalized spacial score (nSPS) is 10.0. The fourth-order valence-electron chi connectivity index (χ4n) is 1.64. The molecule has 96 valence electrons. The summed E-state index contributed by atoms with van der Waals surface area (Å²) in [6, 6.07) is 7.55. The predicted octanol–water partition coefficient (Wildman–Crippen LogP) is 2.65. The van der Waals surface area contributed by atoms with Gasteiger partial charge in [0.25, 0.3) is 5.88 Å². The highest BCUT2D eigenvalue weighted by Crippen LogP contribution is 2.31. The molecule has 0 spiro atoms. The van der Waals surface area contributed by atoms with Crippen LogP contribution in [-0.2, 0) is 0 Å². The van der Waals surface area contributed by atoms with Gasteiger partial charge in [-0.05, 0) is 38.0 Å². The summed E-state index contributed by atoms with van der Waals surface area (Å²) in [7, 11) is 0. The second-order valence-electron chi connectivity index (χ2n) is 4.29. The molecule has 2 aromatic rings. The lowest BCUT2D eigenvalue weighted by molar-refractivity contribution is 0.453. The van der Waals surface area contributed by atoms with Crippen molar-refractivity contribution in [2.45, 2.75) is 20.8 Å². The van der Waals surface area contributed by atoms with Crippen LogP contribution in [0.1, 0.15) is 22.4 Å². The molecule has 0 aliphatic heterocycles. The van der Waals surface area contributed by atoms with Gasteiger partial charge >= 0.3 is 0 Å². The van der Waals surface area contributed by atoms with Crippen LogP contribution >= 0.6 is 0 Å². The Balaban J connectivity index is 2.48. The molecule has 0 aliphatic rings. The Bertz CT molecular complexity index is 674. The molecule has 0 saturated heterocycles. The smallest absolute Gasteiger partial charge is 0.257 e. The molecule has 19 heavy (non-hydrogen) atoms. The number of nitrogen functional groups attached to an aromatic ring is 1. The number of ether oxygens (including phenoxy) is 1. The zero-order chi connectivity index (χ0) is 14.0. The Hall–Kier alpha value is -2.61. The van der Waals surface area contributed by atoms with Crippen molar-refractivity contribution < 1.29 is 4.74 Å². The van der Waals surface area contributed by atoms with Crippen molar-refractivity contribution in [1.29, 1.82) is 5.26 Å². The van der Waals surface area contributed by atoms with E-state index < -0.39 is 0 Å². The van der Waals surface area contributed by atoms with Crippen LogP contribution in [0.4, 0.5) is 5.69 Å². The molecule has 5 heteroatoms. The Morgan fingerprint density at radius 3 is 2.63 bits per heavy atom. The number of benzene rings is 1. The van der Waals surface area contributed by atoms with Crippen LogP contribution in [0.25, 0.3) is 0 Å². The lowest BCUT2D eigenvalue weighted by atomic mass is 10.1. The van der Waals surface area contributed by atoms with E-state index in [0.717, 1.165) is 11.1 Å². The van der Waals surface area contributed by atoms with Gasteiger partial charge in [-0.15, -0.1) is 5.10 Å². The summed E-state index contributed by atoms with van der Waals surface area (Å²) in [5.74, 6) is 0.664. The first-order valence-electron chi connectivity index (χ1n) is 5.81. The maximum absolute atomic E-state index is 9.20. The van der Waals surface area contributed by atoms with E-state index in [0.29, 0.717) is 22.7 Å². The second kappa shape index (κ2) is 4.94. The summed E-state index contributed by atoms with van der Waals surface area (Å²) in [6.07, 6.45) is 0. The van der Waals surface area contributed by atoms with E-state index >= 15 is 0 Å². The molecule has 0 aliphatic carbocycles. The number of para-hydroxylation sites is 1. The van der Waals surface area contributed by atoms with Crippen molar-refractivity contribution in [2.75, 3.05) is 5.73 Å². The van der Waals surface area contributed by atoms with Crippen molar-refractivity contribution in [3.8, 4) is 17.7 Å². The number of nitriles is 1. The van der Waals surface area contributed by atoms with Crippen LogP contribution in [0, 0.1) is 32.1 Å². The monoisotopic (exact) mass is 254 g/mol. The van der Waals surface area contributed by atoms with Crippen molar-refractivity contribution in [3.05, 3.63) is 40.6 Å². The molecule has 1 aromatic carbocycles. The largest absolute Gasteiger partial charge is 0.434 e. The Morgan fingerprint density at radius 1 is 1.21 bits per heavy atom. The number of hydrogen-bond donors (Lipinski definition) is 1. The average Bonchev–Trinajstić information content (AvgIpc) is 2.39. The fourth-order valence-corrected chi connectivity index (χ4v) is 1.64. The van der Waals surface area contributed by atoms with Gasteiger partial charge in [0.15, 0.2) is 5.75 Å². The molecule has 5 nitrogen and oxygen atoms in total. The molecular weight excluding hydrogens is 240 g/mol. The molecule has 0 atom stereocenters. The maximum Gasteiger partial charge on any atom is 0.257 e. The van der Waals surface area contributed by atoms with E-state index in [2.05, 4.69) is 16.3 Å². The van der Waals surface area contributed by atoms with Crippen LogP contribution in [0.3, 0.4) is 0 Å². The highest BCUT2D eigenvalue weighted by molar-refractivity contribution is 5.59. The lowest BCUT2D eigenvalue weighted by Gasteiger charge is -2.11. The van der Waals surface area contributed by atoms with Gasteiger partial charge < -0.3 is 10.5 Å². The minimum Gasteiger partial charge on any atom is -0.434 e. The highest BCUT2D eigenvalue weighted by atomic mass is 16.5. The predicted molar refractivity (Wildman–Crippen MR) is 71.9 cm³/mol. The van der Waals surface area contributed by atoms with Crippen molar-refractivity contribution in [3.63, 3.8) is 0 Å². The number of aromatic nitrogens is 2. The SMILES string of the molecule is Cc1cccc(Oc2nnc(C)c(C)c2C#N)c1N. The summed E-state index contributed by atoms with van der Waals surface area (Å²) in [5, 5.41) is 17.1. The maximum atomic E-state index is 9.20. The topological polar surface area (TPSA) is 84.8 Å². The molecule has 0 saturated carbocycles. The first kappa shape index (κ1) is 12.8. The number of anilines is 1. The standard InChI is InChI=1S/C14H14N4O/c1-8-5-4-6-12(13(8)16)19-14-11(7-15)9(2)10(3)17-18-14/h4-6H,16H2,1-3H3. The third kappa shape index (κ3) is 2.33. The first-order chi connectivity index (χ1) is 9.04. The van der Waals surface area contributed by atoms with Gasteiger partial charge in [-0.2, -0.15) is 10.4 Å². The van der Waals surface area contributed by atoms with Gasteiger partial charge in [-0.1, -0.05) is 12.1 Å². The minimum atomic E-state index is 0.183. The molecule has 0 unspecified atom stereocenters. The number of nitrogens with two attached hydrogens (primary N) is 1. The van der Waals surface area contributed by atoms with E-state index in [1.54, 1.807) is 13.0 Å². The summed E-state index contributed by atoms with van der Waals surface area (Å²) in [6.45, 7) is 5.50. The molecule has 0 amide bonds. The molecule has 0 fully saturated rings. The van der Waals surface area contributed by atoms with E-state index in [4.69, 9.17) is 10.5 Å². The van der Waals surface area contributed by atoms with Crippen LogP contribution in [0.15, 0.2) is 18.2 Å². The van der Waals surface area contributed by atoms with Crippen LogP contribution < -0.4 is 10.5 Å².